The number of amides is 2. The lowest BCUT2D eigenvalue weighted by Crippen LogP contribution is -2.35. The number of esters is 1. The average Bonchev–Trinajstić information content (AvgIpc) is 3.01. The maximum atomic E-state index is 12.7. The highest BCUT2D eigenvalue weighted by Gasteiger charge is 2.34. The summed E-state index contributed by atoms with van der Waals surface area (Å²) >= 11 is 2.02. The molecule has 0 aliphatic carbocycles. The van der Waals surface area contributed by atoms with E-state index in [-0.39, 0.29) is 12.2 Å². The Labute approximate surface area is 180 Å². The fourth-order valence-corrected chi connectivity index (χ4v) is 3.42. The van der Waals surface area contributed by atoms with Gasteiger partial charge in [-0.1, -0.05) is 18.2 Å². The van der Waals surface area contributed by atoms with Crippen LogP contribution in [0.3, 0.4) is 0 Å². The van der Waals surface area contributed by atoms with Crippen LogP contribution >= 0.6 is 22.6 Å². The van der Waals surface area contributed by atoms with Crippen LogP contribution in [0.4, 0.5) is 5.69 Å². The Morgan fingerprint density at radius 2 is 1.90 bits per heavy atom. The molecule has 0 spiro atoms. The van der Waals surface area contributed by atoms with Crippen LogP contribution in [0, 0.1) is 3.57 Å². The highest BCUT2D eigenvalue weighted by atomic mass is 127. The number of ether oxygens (including phenoxy) is 3. The number of nitrogens with one attached hydrogen (secondary N) is 1. The molecule has 0 radical (unpaired) electrons. The maximum Gasteiger partial charge on any atom is 0.343 e. The first-order valence-electron chi connectivity index (χ1n) is 8.44. The van der Waals surface area contributed by atoms with E-state index >= 15 is 0 Å². The Morgan fingerprint density at radius 3 is 2.55 bits per heavy atom. The zero-order valence-corrected chi connectivity index (χ0v) is 17.8. The fraction of sp³-hybridized carbons (Fsp3) is 0.150. The normalized spacial score (nSPS) is 14.7. The van der Waals surface area contributed by atoms with E-state index in [1.54, 1.807) is 36.4 Å². The van der Waals surface area contributed by atoms with Crippen molar-refractivity contribution in [3.63, 3.8) is 0 Å². The summed E-state index contributed by atoms with van der Waals surface area (Å²) in [6.07, 6.45) is 1.48. The van der Waals surface area contributed by atoms with Gasteiger partial charge in [0.05, 0.1) is 23.5 Å². The third-order valence-electron chi connectivity index (χ3n) is 4.03. The molecule has 1 N–H and O–H groups in total. The van der Waals surface area contributed by atoms with Gasteiger partial charge in [0.1, 0.15) is 5.57 Å². The van der Waals surface area contributed by atoms with Crippen LogP contribution in [0.5, 0.6) is 11.5 Å². The number of carbonyl (C=O) groups excluding carboxylic acids is 3. The number of hydrogen-bond donors (Lipinski definition) is 1. The van der Waals surface area contributed by atoms with Crippen molar-refractivity contribution < 1.29 is 28.6 Å². The summed E-state index contributed by atoms with van der Waals surface area (Å²) in [6.45, 7) is -0.268. The third-order valence-corrected chi connectivity index (χ3v) is 4.83. The third kappa shape index (κ3) is 4.50. The van der Waals surface area contributed by atoms with Crippen molar-refractivity contribution in [2.45, 2.75) is 0 Å². The molecule has 0 bridgehead atoms. The minimum absolute atomic E-state index is 0.00469. The van der Waals surface area contributed by atoms with Crippen molar-refractivity contribution in [3.8, 4) is 11.5 Å². The van der Waals surface area contributed by atoms with Gasteiger partial charge in [-0.25, -0.2) is 9.80 Å². The topological polar surface area (TPSA) is 94.2 Å². The molecule has 1 saturated heterocycles. The Morgan fingerprint density at radius 1 is 1.17 bits per heavy atom. The van der Waals surface area contributed by atoms with Gasteiger partial charge in [-0.3, -0.25) is 15.0 Å². The van der Waals surface area contributed by atoms with Crippen LogP contribution in [0.1, 0.15) is 5.56 Å². The Kier molecular flexibility index (Phi) is 6.37. The van der Waals surface area contributed by atoms with Gasteiger partial charge < -0.3 is 14.2 Å². The molecule has 1 aliphatic rings. The highest BCUT2D eigenvalue weighted by molar-refractivity contribution is 14.1. The Balaban J connectivity index is 1.89. The molecule has 1 aliphatic heterocycles. The molecule has 0 saturated carbocycles. The number of carbonyl (C=O) groups is 3. The van der Waals surface area contributed by atoms with E-state index in [4.69, 9.17) is 9.47 Å². The monoisotopic (exact) mass is 508 g/mol. The zero-order chi connectivity index (χ0) is 21.0. The first-order valence-corrected chi connectivity index (χ1v) is 9.51. The van der Waals surface area contributed by atoms with Crippen molar-refractivity contribution in [2.75, 3.05) is 25.8 Å². The SMILES string of the molecule is COC(=O)COc1c(I)cc(/C=C2/C(=O)NN(c3ccccc3)C2=O)cc1OC. The van der Waals surface area contributed by atoms with Gasteiger partial charge in [-0.15, -0.1) is 0 Å². The zero-order valence-electron chi connectivity index (χ0n) is 15.6. The van der Waals surface area contributed by atoms with Crippen LogP contribution in [-0.4, -0.2) is 38.6 Å². The van der Waals surface area contributed by atoms with Crippen molar-refractivity contribution in [3.05, 3.63) is 57.2 Å². The number of halogens is 1. The summed E-state index contributed by atoms with van der Waals surface area (Å²) < 4.78 is 16.0. The number of rotatable bonds is 6. The van der Waals surface area contributed by atoms with Gasteiger partial charge in [-0.2, -0.15) is 0 Å². The van der Waals surface area contributed by atoms with E-state index in [1.165, 1.54) is 25.3 Å². The summed E-state index contributed by atoms with van der Waals surface area (Å²) in [5, 5.41) is 1.20. The molecule has 1 heterocycles. The van der Waals surface area contributed by atoms with Crippen molar-refractivity contribution in [1.82, 2.24) is 5.43 Å². The van der Waals surface area contributed by atoms with Crippen LogP contribution in [-0.2, 0) is 19.1 Å². The van der Waals surface area contributed by atoms with E-state index in [1.807, 2.05) is 28.7 Å². The minimum atomic E-state index is -0.525. The summed E-state index contributed by atoms with van der Waals surface area (Å²) in [5.41, 5.74) is 3.68. The van der Waals surface area contributed by atoms with Crippen LogP contribution in [0.25, 0.3) is 6.08 Å². The van der Waals surface area contributed by atoms with Crippen molar-refractivity contribution >= 4 is 52.1 Å². The van der Waals surface area contributed by atoms with E-state index in [2.05, 4.69) is 10.2 Å². The lowest BCUT2D eigenvalue weighted by Gasteiger charge is -2.14. The highest BCUT2D eigenvalue weighted by Crippen LogP contribution is 2.35. The van der Waals surface area contributed by atoms with E-state index in [9.17, 15) is 14.4 Å². The number of nitrogens with zero attached hydrogens (tertiary/aromatic N) is 1. The standard InChI is InChI=1S/C20H17IN2O6/c1-27-16-10-12(9-15(21)18(16)29-11-17(24)28-2)8-14-19(25)22-23(20(14)26)13-6-4-3-5-7-13/h3-10H,11H2,1-2H3,(H,22,25)/b14-8-. The number of hydrogen-bond acceptors (Lipinski definition) is 6. The van der Waals surface area contributed by atoms with Crippen LogP contribution in [0.15, 0.2) is 48.0 Å². The molecular formula is C20H17IN2O6. The fourth-order valence-electron chi connectivity index (χ4n) is 2.64. The molecule has 8 nitrogen and oxygen atoms in total. The Bertz CT molecular complexity index is 990. The molecule has 9 heteroatoms. The molecule has 3 rings (SSSR count). The maximum absolute atomic E-state index is 12.7. The van der Waals surface area contributed by atoms with Crippen LogP contribution in [0.2, 0.25) is 0 Å². The second-order valence-corrected chi connectivity index (χ2v) is 7.04. The predicted molar refractivity (Wildman–Crippen MR) is 113 cm³/mol. The second-order valence-electron chi connectivity index (χ2n) is 5.87. The number of hydrazine groups is 1. The number of methoxy groups -OCH3 is 2. The number of anilines is 1. The number of benzene rings is 2. The summed E-state index contributed by atoms with van der Waals surface area (Å²) in [4.78, 5) is 36.4. The number of para-hydroxylation sites is 1. The summed E-state index contributed by atoms with van der Waals surface area (Å²) in [6, 6.07) is 12.1. The van der Waals surface area contributed by atoms with E-state index < -0.39 is 17.8 Å². The second kappa shape index (κ2) is 8.95. The van der Waals surface area contributed by atoms with Crippen LogP contribution < -0.4 is 19.9 Å². The van der Waals surface area contributed by atoms with Gasteiger partial charge in [0, 0.05) is 0 Å². The van der Waals surface area contributed by atoms with E-state index in [0.717, 1.165) is 0 Å². The minimum Gasteiger partial charge on any atom is -0.493 e. The molecule has 0 unspecified atom stereocenters. The molecular weight excluding hydrogens is 491 g/mol. The van der Waals surface area contributed by atoms with Gasteiger partial charge in [0.15, 0.2) is 18.1 Å². The molecule has 0 aromatic heterocycles. The molecule has 1 fully saturated rings. The smallest absolute Gasteiger partial charge is 0.343 e. The molecule has 29 heavy (non-hydrogen) atoms. The first-order chi connectivity index (χ1) is 13.9. The lowest BCUT2D eigenvalue weighted by molar-refractivity contribution is -0.143. The Hall–Kier alpha value is -3.08. The lowest BCUT2D eigenvalue weighted by atomic mass is 10.1. The first kappa shape index (κ1) is 20.6. The molecule has 2 aromatic rings. The van der Waals surface area contributed by atoms with Gasteiger partial charge in [-0.05, 0) is 58.5 Å². The van der Waals surface area contributed by atoms with Gasteiger partial charge in [0.2, 0.25) is 0 Å². The van der Waals surface area contributed by atoms with Crippen molar-refractivity contribution in [1.29, 1.82) is 0 Å². The molecule has 2 aromatic carbocycles. The molecule has 0 atom stereocenters. The summed E-state index contributed by atoms with van der Waals surface area (Å²) in [5.74, 6) is -0.754. The predicted octanol–water partition coefficient (Wildman–Crippen LogP) is 2.31. The molecule has 150 valence electrons. The van der Waals surface area contributed by atoms with Crippen molar-refractivity contribution in [2.24, 2.45) is 0 Å². The van der Waals surface area contributed by atoms with Gasteiger partial charge in [0.25, 0.3) is 11.8 Å². The molecule has 2 amide bonds. The van der Waals surface area contributed by atoms with Gasteiger partial charge >= 0.3 is 5.97 Å². The van der Waals surface area contributed by atoms with E-state index in [0.29, 0.717) is 26.3 Å². The quantitative estimate of drug-likeness (QED) is 0.279. The average molecular weight is 508 g/mol. The summed E-state index contributed by atoms with van der Waals surface area (Å²) in [7, 11) is 2.73. The largest absolute Gasteiger partial charge is 0.493 e.